The predicted octanol–water partition coefficient (Wildman–Crippen LogP) is 3.01. The number of hydrogen-bond acceptors (Lipinski definition) is 5. The maximum absolute atomic E-state index is 12.2. The number of carbonyl (C=O) groups excluding carboxylic acids is 2. The molecule has 1 aromatic heterocycles. The van der Waals surface area contributed by atoms with Gasteiger partial charge in [0.15, 0.2) is 0 Å². The Hall–Kier alpha value is -1.56. The van der Waals surface area contributed by atoms with Crippen LogP contribution in [0.15, 0.2) is 6.07 Å². The van der Waals surface area contributed by atoms with E-state index in [-0.39, 0.29) is 18.2 Å². The number of esters is 1. The molecule has 0 radical (unpaired) electrons. The molecule has 1 amide bonds. The van der Waals surface area contributed by atoms with Gasteiger partial charge in [0.1, 0.15) is 11.0 Å². The standard InChI is InChI=1S/C16H21NO4S/c1-2-20-16(19)17-8-6-12(7-9-17)21-15(18)14-10-11-4-3-5-13(11)22-14/h10,12H,2-9H2,1H3. The van der Waals surface area contributed by atoms with E-state index in [9.17, 15) is 9.59 Å². The summed E-state index contributed by atoms with van der Waals surface area (Å²) in [4.78, 5) is 27.6. The van der Waals surface area contributed by atoms with E-state index in [1.54, 1.807) is 23.2 Å². The third-order valence-corrected chi connectivity index (χ3v) is 5.41. The van der Waals surface area contributed by atoms with Crippen LogP contribution in [-0.2, 0) is 22.3 Å². The van der Waals surface area contributed by atoms with Crippen molar-refractivity contribution in [1.82, 2.24) is 4.90 Å². The van der Waals surface area contributed by atoms with Gasteiger partial charge in [-0.3, -0.25) is 0 Å². The molecular weight excluding hydrogens is 302 g/mol. The van der Waals surface area contributed by atoms with Crippen molar-refractivity contribution in [3.63, 3.8) is 0 Å². The lowest BCUT2D eigenvalue weighted by Crippen LogP contribution is -2.41. The molecular formula is C16H21NO4S. The molecule has 0 aromatic carbocycles. The van der Waals surface area contributed by atoms with E-state index in [4.69, 9.17) is 9.47 Å². The Bertz CT molecular complexity index is 539. The summed E-state index contributed by atoms with van der Waals surface area (Å²) in [5, 5.41) is 0. The highest BCUT2D eigenvalue weighted by molar-refractivity contribution is 7.14. The molecule has 22 heavy (non-hydrogen) atoms. The highest BCUT2D eigenvalue weighted by atomic mass is 32.1. The Balaban J connectivity index is 1.50. The topological polar surface area (TPSA) is 55.8 Å². The van der Waals surface area contributed by atoms with Gasteiger partial charge in [-0.25, -0.2) is 9.59 Å². The number of nitrogens with zero attached hydrogens (tertiary/aromatic N) is 1. The van der Waals surface area contributed by atoms with E-state index in [1.807, 2.05) is 6.07 Å². The van der Waals surface area contributed by atoms with Crippen molar-refractivity contribution in [3.05, 3.63) is 21.4 Å². The first-order valence-corrected chi connectivity index (χ1v) is 8.73. The van der Waals surface area contributed by atoms with Gasteiger partial charge in [0, 0.05) is 30.8 Å². The second-order valence-electron chi connectivity index (χ2n) is 5.70. The van der Waals surface area contributed by atoms with Crippen molar-refractivity contribution < 1.29 is 19.1 Å². The molecule has 0 saturated carbocycles. The van der Waals surface area contributed by atoms with E-state index in [0.29, 0.717) is 32.5 Å². The van der Waals surface area contributed by atoms with Gasteiger partial charge in [-0.05, 0) is 37.8 Å². The van der Waals surface area contributed by atoms with E-state index in [2.05, 4.69) is 0 Å². The molecule has 0 unspecified atom stereocenters. The first kappa shape index (κ1) is 15.3. The molecule has 0 N–H and O–H groups in total. The summed E-state index contributed by atoms with van der Waals surface area (Å²) in [7, 11) is 0. The summed E-state index contributed by atoms with van der Waals surface area (Å²) in [6, 6.07) is 1.99. The minimum absolute atomic E-state index is 0.102. The van der Waals surface area contributed by atoms with Crippen LogP contribution in [0.25, 0.3) is 0 Å². The quantitative estimate of drug-likeness (QED) is 0.802. The summed E-state index contributed by atoms with van der Waals surface area (Å²) < 4.78 is 10.6. The molecule has 1 aromatic rings. The zero-order valence-electron chi connectivity index (χ0n) is 12.8. The molecule has 2 aliphatic rings. The van der Waals surface area contributed by atoms with Crippen LogP contribution < -0.4 is 0 Å². The van der Waals surface area contributed by atoms with Crippen molar-refractivity contribution in [1.29, 1.82) is 0 Å². The van der Waals surface area contributed by atoms with Crippen LogP contribution in [0.5, 0.6) is 0 Å². The molecule has 2 heterocycles. The first-order valence-electron chi connectivity index (χ1n) is 7.91. The van der Waals surface area contributed by atoms with Crippen molar-refractivity contribution in [2.75, 3.05) is 19.7 Å². The fraction of sp³-hybridized carbons (Fsp3) is 0.625. The lowest BCUT2D eigenvalue weighted by atomic mass is 10.1. The van der Waals surface area contributed by atoms with Gasteiger partial charge in [0.05, 0.1) is 6.61 Å². The number of rotatable bonds is 3. The number of piperidine rings is 1. The number of amides is 1. The average molecular weight is 323 g/mol. The van der Waals surface area contributed by atoms with Crippen LogP contribution >= 0.6 is 11.3 Å². The van der Waals surface area contributed by atoms with E-state index >= 15 is 0 Å². The molecule has 3 rings (SSSR count). The first-order chi connectivity index (χ1) is 10.7. The monoisotopic (exact) mass is 323 g/mol. The van der Waals surface area contributed by atoms with Crippen LogP contribution in [0, 0.1) is 0 Å². The van der Waals surface area contributed by atoms with E-state index in [0.717, 1.165) is 17.7 Å². The molecule has 1 fully saturated rings. The fourth-order valence-corrected chi connectivity index (χ4v) is 4.15. The number of carbonyl (C=O) groups is 2. The molecule has 0 bridgehead atoms. The molecule has 5 nitrogen and oxygen atoms in total. The van der Waals surface area contributed by atoms with Gasteiger partial charge in [-0.2, -0.15) is 0 Å². The number of fused-ring (bicyclic) bond motifs is 1. The summed E-state index contributed by atoms with van der Waals surface area (Å²) in [5.41, 5.74) is 1.31. The maximum atomic E-state index is 12.2. The van der Waals surface area contributed by atoms with Gasteiger partial charge >= 0.3 is 12.1 Å². The molecule has 6 heteroatoms. The summed E-state index contributed by atoms with van der Waals surface area (Å²) in [5.74, 6) is -0.214. The Labute approximate surface area is 134 Å². The summed E-state index contributed by atoms with van der Waals surface area (Å²) >= 11 is 1.57. The Kier molecular flexibility index (Phi) is 4.66. The highest BCUT2D eigenvalue weighted by Crippen LogP contribution is 2.31. The van der Waals surface area contributed by atoms with Crippen molar-refractivity contribution in [2.24, 2.45) is 0 Å². The van der Waals surface area contributed by atoms with Crippen molar-refractivity contribution >= 4 is 23.4 Å². The molecule has 1 saturated heterocycles. The van der Waals surface area contributed by atoms with Gasteiger partial charge < -0.3 is 14.4 Å². The second-order valence-corrected chi connectivity index (χ2v) is 6.84. The van der Waals surface area contributed by atoms with E-state index in [1.165, 1.54) is 16.9 Å². The lowest BCUT2D eigenvalue weighted by Gasteiger charge is -2.30. The third kappa shape index (κ3) is 3.27. The van der Waals surface area contributed by atoms with Crippen LogP contribution in [0.4, 0.5) is 4.79 Å². The number of thiophene rings is 1. The molecule has 1 aliphatic carbocycles. The predicted molar refractivity (Wildman–Crippen MR) is 83.4 cm³/mol. The van der Waals surface area contributed by atoms with Gasteiger partial charge in [-0.15, -0.1) is 11.3 Å². The fourth-order valence-electron chi connectivity index (χ4n) is 3.01. The van der Waals surface area contributed by atoms with Crippen molar-refractivity contribution in [2.45, 2.75) is 45.1 Å². The van der Waals surface area contributed by atoms with Crippen LogP contribution in [0.2, 0.25) is 0 Å². The normalized spacial score (nSPS) is 18.1. The van der Waals surface area contributed by atoms with E-state index < -0.39 is 0 Å². The van der Waals surface area contributed by atoms with Crippen molar-refractivity contribution in [3.8, 4) is 0 Å². The third-order valence-electron chi connectivity index (χ3n) is 4.19. The lowest BCUT2D eigenvalue weighted by molar-refractivity contribution is 0.0113. The number of aryl methyl sites for hydroxylation is 2. The number of likely N-dealkylation sites (tertiary alicyclic amines) is 1. The maximum Gasteiger partial charge on any atom is 0.409 e. The number of hydrogen-bond donors (Lipinski definition) is 0. The molecule has 0 spiro atoms. The largest absolute Gasteiger partial charge is 0.458 e. The van der Waals surface area contributed by atoms with Crippen LogP contribution in [-0.4, -0.2) is 42.8 Å². The molecule has 120 valence electrons. The van der Waals surface area contributed by atoms with Gasteiger partial charge in [-0.1, -0.05) is 0 Å². The van der Waals surface area contributed by atoms with Crippen LogP contribution in [0.3, 0.4) is 0 Å². The highest BCUT2D eigenvalue weighted by Gasteiger charge is 2.27. The minimum atomic E-state index is -0.276. The molecule has 0 atom stereocenters. The van der Waals surface area contributed by atoms with Gasteiger partial charge in [0.2, 0.25) is 0 Å². The molecule has 1 aliphatic heterocycles. The summed E-state index contributed by atoms with van der Waals surface area (Å²) in [6.07, 6.45) is 4.34. The average Bonchev–Trinajstić information content (AvgIpc) is 3.09. The Morgan fingerprint density at radius 3 is 2.77 bits per heavy atom. The Morgan fingerprint density at radius 1 is 1.32 bits per heavy atom. The number of ether oxygens (including phenoxy) is 2. The minimum Gasteiger partial charge on any atom is -0.458 e. The van der Waals surface area contributed by atoms with Crippen LogP contribution in [0.1, 0.15) is 46.3 Å². The Morgan fingerprint density at radius 2 is 2.09 bits per heavy atom. The zero-order chi connectivity index (χ0) is 15.5. The smallest absolute Gasteiger partial charge is 0.409 e. The van der Waals surface area contributed by atoms with Gasteiger partial charge in [0.25, 0.3) is 0 Å². The summed E-state index contributed by atoms with van der Waals surface area (Å²) in [6.45, 7) is 3.34. The SMILES string of the molecule is CCOC(=O)N1CCC(OC(=O)c2cc3c(s2)CCC3)CC1. The zero-order valence-corrected chi connectivity index (χ0v) is 13.6. The second kappa shape index (κ2) is 6.69.